The summed E-state index contributed by atoms with van der Waals surface area (Å²) in [5.41, 5.74) is 4.98. The van der Waals surface area contributed by atoms with Gasteiger partial charge in [0.15, 0.2) is 0 Å². The van der Waals surface area contributed by atoms with E-state index in [0.29, 0.717) is 0 Å². The molecule has 1 aromatic rings. The summed E-state index contributed by atoms with van der Waals surface area (Å²) in [5, 5.41) is 7.31. The Balaban J connectivity index is 3.09. The lowest BCUT2D eigenvalue weighted by Crippen LogP contribution is -2.00. The summed E-state index contributed by atoms with van der Waals surface area (Å²) in [4.78, 5) is 0. The van der Waals surface area contributed by atoms with E-state index in [2.05, 4.69) is 0 Å². The molecule has 0 fully saturated rings. The molecule has 0 heterocycles. The molecule has 0 atom stereocenters. The Morgan fingerprint density at radius 2 is 2.08 bits per heavy atom. The number of halogens is 2. The average Bonchev–Trinajstić information content (AvgIpc) is 2.04. The zero-order valence-electron chi connectivity index (χ0n) is 6.72. The smallest absolute Gasteiger partial charge is 0.135 e. The van der Waals surface area contributed by atoms with Crippen molar-refractivity contribution < 1.29 is 8.78 Å². The number of nitrogens with two attached hydrogens (primary N) is 1. The van der Waals surface area contributed by atoms with E-state index in [1.807, 2.05) is 0 Å². The Bertz CT molecular complexity index is 359. The van der Waals surface area contributed by atoms with Crippen LogP contribution in [0.15, 0.2) is 30.5 Å². The van der Waals surface area contributed by atoms with E-state index >= 15 is 0 Å². The van der Waals surface area contributed by atoms with Crippen LogP contribution in [0.3, 0.4) is 0 Å². The van der Waals surface area contributed by atoms with Crippen LogP contribution < -0.4 is 5.73 Å². The molecule has 0 aliphatic carbocycles. The molecule has 0 aliphatic rings. The minimum Gasteiger partial charge on any atom is -0.405 e. The largest absolute Gasteiger partial charge is 0.405 e. The molecule has 0 unspecified atom stereocenters. The summed E-state index contributed by atoms with van der Waals surface area (Å²) in [7, 11) is 0. The molecular formula is C9H8F2N2. The molecular weight excluding hydrogens is 174 g/mol. The van der Waals surface area contributed by atoms with Gasteiger partial charge >= 0.3 is 0 Å². The monoisotopic (exact) mass is 182 g/mol. The molecule has 3 N–H and O–H groups in total. The van der Waals surface area contributed by atoms with Crippen LogP contribution in [0.4, 0.5) is 8.78 Å². The Kier molecular flexibility index (Phi) is 2.74. The summed E-state index contributed by atoms with van der Waals surface area (Å²) < 4.78 is 25.4. The van der Waals surface area contributed by atoms with Gasteiger partial charge in [0.05, 0.1) is 5.71 Å². The van der Waals surface area contributed by atoms with Gasteiger partial charge in [0, 0.05) is 11.6 Å². The minimum atomic E-state index is -0.761. The molecule has 0 bridgehead atoms. The molecule has 0 saturated heterocycles. The fourth-order valence-corrected chi connectivity index (χ4v) is 0.894. The van der Waals surface area contributed by atoms with E-state index < -0.39 is 11.6 Å². The number of hydrogen-bond acceptors (Lipinski definition) is 2. The average molecular weight is 182 g/mol. The Labute approximate surface area is 74.2 Å². The highest BCUT2D eigenvalue weighted by molar-refractivity contribution is 6.06. The molecule has 13 heavy (non-hydrogen) atoms. The minimum absolute atomic E-state index is 0.0306. The topological polar surface area (TPSA) is 49.9 Å². The third-order valence-corrected chi connectivity index (χ3v) is 1.48. The molecule has 0 radical (unpaired) electrons. The van der Waals surface area contributed by atoms with Crippen LogP contribution in [0.5, 0.6) is 0 Å². The van der Waals surface area contributed by atoms with Gasteiger partial charge < -0.3 is 11.1 Å². The Morgan fingerprint density at radius 3 is 2.62 bits per heavy atom. The lowest BCUT2D eigenvalue weighted by molar-refractivity contribution is 0.582. The van der Waals surface area contributed by atoms with E-state index in [1.165, 1.54) is 12.1 Å². The third kappa shape index (κ3) is 2.11. The predicted octanol–water partition coefficient (Wildman–Crippen LogP) is 1.81. The summed E-state index contributed by atoms with van der Waals surface area (Å²) >= 11 is 0. The van der Waals surface area contributed by atoms with Crippen molar-refractivity contribution in [2.75, 3.05) is 0 Å². The van der Waals surface area contributed by atoms with E-state index in [9.17, 15) is 8.78 Å². The first-order chi connectivity index (χ1) is 6.15. The summed E-state index contributed by atoms with van der Waals surface area (Å²) in [6.45, 7) is 0. The molecule has 4 heteroatoms. The number of rotatable bonds is 2. The molecule has 0 aromatic heterocycles. The first-order valence-electron chi connectivity index (χ1n) is 3.57. The molecule has 0 amide bonds. The molecule has 1 aromatic carbocycles. The maximum atomic E-state index is 13.0. The second kappa shape index (κ2) is 3.80. The van der Waals surface area contributed by atoms with Gasteiger partial charge in [-0.1, -0.05) is 0 Å². The highest BCUT2D eigenvalue weighted by atomic mass is 19.1. The Hall–Kier alpha value is -1.71. The summed E-state index contributed by atoms with van der Waals surface area (Å²) in [5.74, 6) is -1.42. The fourth-order valence-electron chi connectivity index (χ4n) is 0.894. The van der Waals surface area contributed by atoms with Crippen molar-refractivity contribution >= 4 is 5.71 Å². The van der Waals surface area contributed by atoms with Gasteiger partial charge in [0.2, 0.25) is 0 Å². The first-order valence-corrected chi connectivity index (χ1v) is 3.57. The van der Waals surface area contributed by atoms with Gasteiger partial charge in [0.1, 0.15) is 11.6 Å². The van der Waals surface area contributed by atoms with Crippen molar-refractivity contribution in [2.24, 2.45) is 5.73 Å². The zero-order valence-corrected chi connectivity index (χ0v) is 6.72. The lowest BCUT2D eigenvalue weighted by atomic mass is 10.1. The highest BCUT2D eigenvalue weighted by Crippen LogP contribution is 2.10. The number of benzene rings is 1. The van der Waals surface area contributed by atoms with Gasteiger partial charge in [-0.25, -0.2) is 8.78 Å². The zero-order chi connectivity index (χ0) is 9.84. The molecule has 2 nitrogen and oxygen atoms in total. The van der Waals surface area contributed by atoms with Gasteiger partial charge in [-0.3, -0.25) is 0 Å². The maximum Gasteiger partial charge on any atom is 0.135 e. The molecule has 0 saturated carbocycles. The third-order valence-electron chi connectivity index (χ3n) is 1.48. The second-order valence-electron chi connectivity index (χ2n) is 2.40. The fraction of sp³-hybridized carbons (Fsp3) is 0. The van der Waals surface area contributed by atoms with Crippen molar-refractivity contribution in [1.29, 1.82) is 5.41 Å². The van der Waals surface area contributed by atoms with Crippen molar-refractivity contribution in [3.63, 3.8) is 0 Å². The predicted molar refractivity (Wildman–Crippen MR) is 46.5 cm³/mol. The number of hydrogen-bond donors (Lipinski definition) is 2. The second-order valence-corrected chi connectivity index (χ2v) is 2.40. The van der Waals surface area contributed by atoms with Crippen LogP contribution in [0.25, 0.3) is 0 Å². The molecule has 1 rings (SSSR count). The summed E-state index contributed by atoms with van der Waals surface area (Å²) in [6.07, 6.45) is 2.36. The normalized spacial score (nSPS) is 10.6. The standard InChI is InChI=1S/C9H8F2N2/c10-6-1-2-7(8(11)5-6)9(13)3-4-12/h1-5,13H,12H2/b4-3-,13-9?. The van der Waals surface area contributed by atoms with Crippen molar-refractivity contribution in [3.8, 4) is 0 Å². The van der Waals surface area contributed by atoms with Crippen LogP contribution in [-0.4, -0.2) is 5.71 Å². The van der Waals surface area contributed by atoms with Crippen LogP contribution in [0, 0.1) is 17.0 Å². The van der Waals surface area contributed by atoms with E-state index in [4.69, 9.17) is 11.1 Å². The summed E-state index contributed by atoms with van der Waals surface area (Å²) in [6, 6.07) is 3.03. The SMILES string of the molecule is N=C(/C=C\N)c1ccc(F)cc1F. The van der Waals surface area contributed by atoms with E-state index in [-0.39, 0.29) is 11.3 Å². The van der Waals surface area contributed by atoms with Crippen molar-refractivity contribution in [1.82, 2.24) is 0 Å². The lowest BCUT2D eigenvalue weighted by Gasteiger charge is -1.99. The number of nitrogens with one attached hydrogen (secondary N) is 1. The van der Waals surface area contributed by atoms with Crippen molar-refractivity contribution in [2.45, 2.75) is 0 Å². The van der Waals surface area contributed by atoms with Crippen molar-refractivity contribution in [3.05, 3.63) is 47.7 Å². The van der Waals surface area contributed by atoms with Crippen LogP contribution in [-0.2, 0) is 0 Å². The van der Waals surface area contributed by atoms with Gasteiger partial charge in [-0.05, 0) is 24.4 Å². The highest BCUT2D eigenvalue weighted by Gasteiger charge is 2.05. The van der Waals surface area contributed by atoms with Crippen LogP contribution in [0.1, 0.15) is 5.56 Å². The Morgan fingerprint density at radius 1 is 1.38 bits per heavy atom. The van der Waals surface area contributed by atoms with Gasteiger partial charge in [-0.15, -0.1) is 0 Å². The van der Waals surface area contributed by atoms with E-state index in [1.54, 1.807) is 0 Å². The van der Waals surface area contributed by atoms with Crippen LogP contribution in [0.2, 0.25) is 0 Å². The molecule has 0 aliphatic heterocycles. The van der Waals surface area contributed by atoms with Gasteiger partial charge in [0.25, 0.3) is 0 Å². The molecule has 0 spiro atoms. The van der Waals surface area contributed by atoms with Crippen LogP contribution >= 0.6 is 0 Å². The quantitative estimate of drug-likeness (QED) is 0.673. The van der Waals surface area contributed by atoms with Gasteiger partial charge in [-0.2, -0.15) is 0 Å². The maximum absolute atomic E-state index is 13.0. The first kappa shape index (κ1) is 9.38. The van der Waals surface area contributed by atoms with E-state index in [0.717, 1.165) is 18.3 Å². The number of allylic oxidation sites excluding steroid dienone is 1. The molecule has 68 valence electrons.